The zero-order chi connectivity index (χ0) is 18.5. The molecule has 0 aliphatic carbocycles. The van der Waals surface area contributed by atoms with Crippen LogP contribution in [0.3, 0.4) is 0 Å². The summed E-state index contributed by atoms with van der Waals surface area (Å²) in [5.41, 5.74) is 2.31. The summed E-state index contributed by atoms with van der Waals surface area (Å²) in [6.07, 6.45) is 3.76. The van der Waals surface area contributed by atoms with Crippen LogP contribution in [0.2, 0.25) is 0 Å². The summed E-state index contributed by atoms with van der Waals surface area (Å²) in [6.45, 7) is 5.43. The molecule has 0 spiro atoms. The van der Waals surface area contributed by atoms with Gasteiger partial charge in [-0.3, -0.25) is 9.20 Å². The Balaban J connectivity index is 1.33. The molecule has 2 atom stereocenters. The van der Waals surface area contributed by atoms with E-state index in [0.29, 0.717) is 17.5 Å². The van der Waals surface area contributed by atoms with E-state index in [1.165, 1.54) is 0 Å². The lowest BCUT2D eigenvalue weighted by Crippen LogP contribution is -2.34. The average Bonchev–Trinajstić information content (AvgIpc) is 3.32. The van der Waals surface area contributed by atoms with Crippen LogP contribution in [0.4, 0.5) is 5.82 Å². The fraction of sp³-hybridized carbons (Fsp3) is 0.350. The molecule has 3 aromatic heterocycles. The molecule has 7 heteroatoms. The summed E-state index contributed by atoms with van der Waals surface area (Å²) in [5.74, 6) is 2.11. The number of hydrogen-bond donors (Lipinski definition) is 0. The van der Waals surface area contributed by atoms with Gasteiger partial charge in [0.1, 0.15) is 17.2 Å². The lowest BCUT2D eigenvalue weighted by atomic mass is 10.0. The molecule has 5 heterocycles. The first-order chi connectivity index (χ1) is 13.1. The molecule has 2 saturated heterocycles. The Kier molecular flexibility index (Phi) is 3.93. The number of likely N-dealkylation sites (tertiary alicyclic amines) is 1. The maximum Gasteiger partial charge on any atom is 0.272 e. The van der Waals surface area contributed by atoms with Crippen molar-refractivity contribution in [2.75, 3.05) is 31.1 Å². The minimum Gasteiger partial charge on any atom is -0.356 e. The number of rotatable bonds is 2. The zero-order valence-corrected chi connectivity index (χ0v) is 16.6. The quantitative estimate of drug-likeness (QED) is 0.633. The third-order valence-electron chi connectivity index (χ3n) is 5.72. The number of halogens is 1. The minimum atomic E-state index is 0.0916. The molecule has 27 heavy (non-hydrogen) atoms. The second-order valence-corrected chi connectivity index (χ2v) is 8.36. The summed E-state index contributed by atoms with van der Waals surface area (Å²) in [5, 5.41) is 0. The van der Waals surface area contributed by atoms with Gasteiger partial charge in [-0.1, -0.05) is 6.07 Å². The molecule has 0 radical (unpaired) electrons. The van der Waals surface area contributed by atoms with E-state index in [2.05, 4.69) is 36.9 Å². The van der Waals surface area contributed by atoms with Gasteiger partial charge in [-0.15, -0.1) is 0 Å². The van der Waals surface area contributed by atoms with Crippen LogP contribution in [0.25, 0.3) is 5.65 Å². The predicted molar refractivity (Wildman–Crippen MR) is 107 cm³/mol. The molecule has 2 aliphatic heterocycles. The van der Waals surface area contributed by atoms with Crippen molar-refractivity contribution < 1.29 is 4.79 Å². The third kappa shape index (κ3) is 2.81. The van der Waals surface area contributed by atoms with Gasteiger partial charge in [0.2, 0.25) is 0 Å². The fourth-order valence-corrected chi connectivity index (χ4v) is 4.66. The number of anilines is 1. The molecule has 2 aliphatic rings. The number of hydrogen-bond acceptors (Lipinski definition) is 4. The van der Waals surface area contributed by atoms with Crippen molar-refractivity contribution in [1.82, 2.24) is 19.3 Å². The van der Waals surface area contributed by atoms with Gasteiger partial charge >= 0.3 is 0 Å². The highest BCUT2D eigenvalue weighted by atomic mass is 79.9. The smallest absolute Gasteiger partial charge is 0.272 e. The van der Waals surface area contributed by atoms with Gasteiger partial charge in [-0.05, 0) is 47.1 Å². The largest absolute Gasteiger partial charge is 0.356 e. The van der Waals surface area contributed by atoms with Crippen LogP contribution in [0.5, 0.6) is 0 Å². The summed E-state index contributed by atoms with van der Waals surface area (Å²) in [6, 6.07) is 9.90. The highest BCUT2D eigenvalue weighted by molar-refractivity contribution is 9.10. The Hall–Kier alpha value is -2.41. The monoisotopic (exact) mass is 425 g/mol. The second kappa shape index (κ2) is 6.34. The summed E-state index contributed by atoms with van der Waals surface area (Å²) in [4.78, 5) is 26.6. The maximum absolute atomic E-state index is 13.2. The van der Waals surface area contributed by atoms with Gasteiger partial charge in [-0.25, -0.2) is 9.97 Å². The molecule has 0 N–H and O–H groups in total. The maximum atomic E-state index is 13.2. The second-order valence-electron chi connectivity index (χ2n) is 7.44. The molecular formula is C20H20BrN5O. The molecule has 0 saturated carbocycles. The van der Waals surface area contributed by atoms with Crippen molar-refractivity contribution in [3.8, 4) is 0 Å². The van der Waals surface area contributed by atoms with Crippen LogP contribution in [0, 0.1) is 18.8 Å². The van der Waals surface area contributed by atoms with Crippen molar-refractivity contribution in [3.05, 3.63) is 58.6 Å². The third-order valence-corrected chi connectivity index (χ3v) is 6.19. The molecule has 0 aromatic carbocycles. The summed E-state index contributed by atoms with van der Waals surface area (Å²) < 4.78 is 2.90. The number of pyridine rings is 2. The van der Waals surface area contributed by atoms with Gasteiger partial charge in [0.15, 0.2) is 0 Å². The van der Waals surface area contributed by atoms with Crippen LogP contribution in [-0.2, 0) is 0 Å². The van der Waals surface area contributed by atoms with E-state index in [9.17, 15) is 4.79 Å². The van der Waals surface area contributed by atoms with Crippen molar-refractivity contribution in [1.29, 1.82) is 0 Å². The topological polar surface area (TPSA) is 53.7 Å². The van der Waals surface area contributed by atoms with Gasteiger partial charge in [0.25, 0.3) is 5.91 Å². The Bertz CT molecular complexity index is 1000. The van der Waals surface area contributed by atoms with Crippen LogP contribution in [0.15, 0.2) is 47.2 Å². The molecule has 2 unspecified atom stereocenters. The first-order valence-electron chi connectivity index (χ1n) is 9.19. The van der Waals surface area contributed by atoms with E-state index in [4.69, 9.17) is 0 Å². The van der Waals surface area contributed by atoms with E-state index >= 15 is 0 Å². The Labute approximate surface area is 166 Å². The molecule has 2 fully saturated rings. The molecule has 5 rings (SSSR count). The first kappa shape index (κ1) is 16.7. The Morgan fingerprint density at radius 2 is 1.89 bits per heavy atom. The minimum absolute atomic E-state index is 0.0916. The average molecular weight is 426 g/mol. The van der Waals surface area contributed by atoms with Crippen LogP contribution >= 0.6 is 15.9 Å². The lowest BCUT2D eigenvalue weighted by molar-refractivity contribution is 0.0775. The van der Waals surface area contributed by atoms with Crippen molar-refractivity contribution in [3.63, 3.8) is 0 Å². The number of aryl methyl sites for hydroxylation is 1. The standard InChI is InChI=1S/C20H20BrN5O/c1-13-19(26-7-3-2-4-18(26)23-13)20(27)25-11-14-9-24(10-15(14)12-25)17-6-5-16(21)8-22-17/h2-8,14-15H,9-12H2,1H3. The van der Waals surface area contributed by atoms with Crippen LogP contribution in [-0.4, -0.2) is 51.4 Å². The van der Waals surface area contributed by atoms with Crippen molar-refractivity contribution in [2.45, 2.75) is 6.92 Å². The molecule has 3 aromatic rings. The predicted octanol–water partition coefficient (Wildman–Crippen LogP) is 3.01. The molecule has 1 amide bonds. The fourth-order valence-electron chi connectivity index (χ4n) is 4.42. The number of carbonyl (C=O) groups excluding carboxylic acids is 1. The van der Waals surface area contributed by atoms with Gasteiger partial charge in [0.05, 0.1) is 5.69 Å². The number of carbonyl (C=O) groups is 1. The van der Waals surface area contributed by atoms with E-state index < -0.39 is 0 Å². The number of aromatic nitrogens is 3. The highest BCUT2D eigenvalue weighted by Gasteiger charge is 2.42. The molecular weight excluding hydrogens is 406 g/mol. The van der Waals surface area contributed by atoms with E-state index in [1.807, 2.05) is 52.9 Å². The summed E-state index contributed by atoms with van der Waals surface area (Å²) >= 11 is 3.44. The Morgan fingerprint density at radius 1 is 1.11 bits per heavy atom. The number of imidazole rings is 1. The first-order valence-corrected chi connectivity index (χ1v) is 9.99. The molecule has 0 bridgehead atoms. The van der Waals surface area contributed by atoms with E-state index in [-0.39, 0.29) is 5.91 Å². The number of nitrogens with zero attached hydrogens (tertiary/aromatic N) is 5. The van der Waals surface area contributed by atoms with Crippen LogP contribution < -0.4 is 4.90 Å². The van der Waals surface area contributed by atoms with Crippen LogP contribution in [0.1, 0.15) is 16.2 Å². The van der Waals surface area contributed by atoms with Gasteiger partial charge in [0, 0.05) is 54.9 Å². The van der Waals surface area contributed by atoms with Gasteiger partial charge < -0.3 is 9.80 Å². The molecule has 6 nitrogen and oxygen atoms in total. The summed E-state index contributed by atoms with van der Waals surface area (Å²) in [7, 11) is 0. The number of fused-ring (bicyclic) bond motifs is 2. The SMILES string of the molecule is Cc1nc2ccccn2c1C(=O)N1CC2CN(c3ccc(Br)cn3)CC2C1. The van der Waals surface area contributed by atoms with Crippen molar-refractivity contribution >= 4 is 33.3 Å². The zero-order valence-electron chi connectivity index (χ0n) is 15.0. The van der Waals surface area contributed by atoms with Crippen molar-refractivity contribution in [2.24, 2.45) is 11.8 Å². The Morgan fingerprint density at radius 3 is 2.59 bits per heavy atom. The van der Waals surface area contributed by atoms with Gasteiger partial charge in [-0.2, -0.15) is 0 Å². The lowest BCUT2D eigenvalue weighted by Gasteiger charge is -2.22. The highest BCUT2D eigenvalue weighted by Crippen LogP contribution is 2.34. The van der Waals surface area contributed by atoms with E-state index in [1.54, 1.807) is 0 Å². The normalized spacial score (nSPS) is 21.9. The molecule has 138 valence electrons. The number of amides is 1. The van der Waals surface area contributed by atoms with E-state index in [0.717, 1.165) is 47.8 Å².